The number of alkyl halides is 3. The van der Waals surface area contributed by atoms with E-state index in [2.05, 4.69) is 5.32 Å². The zero-order chi connectivity index (χ0) is 14.6. The van der Waals surface area contributed by atoms with Crippen LogP contribution in [0, 0.1) is 0 Å². The third kappa shape index (κ3) is 4.13. The second-order valence-corrected chi connectivity index (χ2v) is 4.79. The quantitative estimate of drug-likeness (QED) is 0.645. The van der Waals surface area contributed by atoms with Crippen molar-refractivity contribution in [1.82, 2.24) is 5.32 Å². The van der Waals surface area contributed by atoms with Gasteiger partial charge in [0.2, 0.25) is 0 Å². The maximum Gasteiger partial charge on any atom is 0.389 e. The largest absolute Gasteiger partial charge is 0.398 e. The molecule has 0 heterocycles. The minimum absolute atomic E-state index is 0.0803. The van der Waals surface area contributed by atoms with Crippen LogP contribution in [0.15, 0.2) is 36.4 Å². The summed E-state index contributed by atoms with van der Waals surface area (Å²) in [7, 11) is 0. The van der Waals surface area contributed by atoms with Gasteiger partial charge in [-0.1, -0.05) is 24.3 Å². The van der Waals surface area contributed by atoms with Crippen LogP contribution in [0.1, 0.15) is 18.4 Å². The van der Waals surface area contributed by atoms with E-state index in [1.54, 1.807) is 0 Å². The summed E-state index contributed by atoms with van der Waals surface area (Å²) in [5, 5.41) is 5.14. The van der Waals surface area contributed by atoms with Crippen LogP contribution in [-0.2, 0) is 6.54 Å². The summed E-state index contributed by atoms with van der Waals surface area (Å²) in [6, 6.07) is 11.7. The van der Waals surface area contributed by atoms with Gasteiger partial charge in [-0.05, 0) is 41.4 Å². The van der Waals surface area contributed by atoms with Gasteiger partial charge in [-0.25, -0.2) is 0 Å². The van der Waals surface area contributed by atoms with E-state index >= 15 is 0 Å². The predicted molar refractivity (Wildman–Crippen MR) is 75.4 cm³/mol. The Hall–Kier alpha value is -1.75. The first kappa shape index (κ1) is 14.7. The van der Waals surface area contributed by atoms with Crippen molar-refractivity contribution < 1.29 is 13.2 Å². The summed E-state index contributed by atoms with van der Waals surface area (Å²) in [6.45, 7) is 0.806. The van der Waals surface area contributed by atoms with Gasteiger partial charge in [0, 0.05) is 18.7 Å². The van der Waals surface area contributed by atoms with Crippen molar-refractivity contribution >= 4 is 16.5 Å². The second kappa shape index (κ2) is 6.13. The lowest BCUT2D eigenvalue weighted by atomic mass is 10.1. The van der Waals surface area contributed by atoms with Gasteiger partial charge in [-0.15, -0.1) is 0 Å². The fourth-order valence-corrected chi connectivity index (χ4v) is 2.10. The third-order valence-electron chi connectivity index (χ3n) is 3.14. The Kier molecular flexibility index (Phi) is 4.49. The average molecular weight is 282 g/mol. The molecule has 0 aliphatic rings. The van der Waals surface area contributed by atoms with E-state index in [4.69, 9.17) is 5.73 Å². The van der Waals surface area contributed by atoms with Crippen molar-refractivity contribution in [2.24, 2.45) is 0 Å². The molecule has 2 aromatic carbocycles. The van der Waals surface area contributed by atoms with Gasteiger partial charge in [-0.2, -0.15) is 13.2 Å². The molecule has 3 N–H and O–H groups in total. The molecule has 2 aromatic rings. The molecule has 0 saturated carbocycles. The first-order chi connectivity index (χ1) is 9.46. The highest BCUT2D eigenvalue weighted by Gasteiger charge is 2.25. The first-order valence-electron chi connectivity index (χ1n) is 6.50. The van der Waals surface area contributed by atoms with Crippen molar-refractivity contribution in [3.63, 3.8) is 0 Å². The van der Waals surface area contributed by atoms with Gasteiger partial charge in [-0.3, -0.25) is 0 Å². The van der Waals surface area contributed by atoms with Gasteiger partial charge >= 0.3 is 6.18 Å². The molecule has 0 saturated heterocycles. The van der Waals surface area contributed by atoms with Crippen LogP contribution in [0.25, 0.3) is 10.8 Å². The minimum Gasteiger partial charge on any atom is -0.398 e. The Labute approximate surface area is 115 Å². The Morgan fingerprint density at radius 1 is 1.05 bits per heavy atom. The molecule has 0 unspecified atom stereocenters. The third-order valence-corrected chi connectivity index (χ3v) is 3.14. The molecule has 20 heavy (non-hydrogen) atoms. The summed E-state index contributed by atoms with van der Waals surface area (Å²) in [5.41, 5.74) is 7.52. The predicted octanol–water partition coefficient (Wildman–Crippen LogP) is 3.85. The highest BCUT2D eigenvalue weighted by molar-refractivity contribution is 5.86. The minimum atomic E-state index is -4.08. The number of hydrogen-bond donors (Lipinski definition) is 2. The monoisotopic (exact) mass is 282 g/mol. The average Bonchev–Trinajstić information content (AvgIpc) is 2.37. The van der Waals surface area contributed by atoms with Crippen molar-refractivity contribution in [3.05, 3.63) is 42.0 Å². The number of nitrogens with one attached hydrogen (secondary N) is 1. The molecular formula is C15H17F3N2. The van der Waals surface area contributed by atoms with E-state index in [9.17, 15) is 13.2 Å². The lowest BCUT2D eigenvalue weighted by Gasteiger charge is -2.10. The van der Waals surface area contributed by atoms with Crippen molar-refractivity contribution in [3.8, 4) is 0 Å². The highest BCUT2D eigenvalue weighted by Crippen LogP contribution is 2.22. The summed E-state index contributed by atoms with van der Waals surface area (Å²) in [6.07, 6.45) is -4.76. The van der Waals surface area contributed by atoms with Crippen LogP contribution in [-0.4, -0.2) is 12.7 Å². The van der Waals surface area contributed by atoms with Crippen LogP contribution >= 0.6 is 0 Å². The van der Waals surface area contributed by atoms with Crippen LogP contribution in [0.3, 0.4) is 0 Å². The van der Waals surface area contributed by atoms with Gasteiger partial charge in [0.25, 0.3) is 0 Å². The van der Waals surface area contributed by atoms with Gasteiger partial charge < -0.3 is 11.1 Å². The van der Waals surface area contributed by atoms with Gasteiger partial charge in [0.15, 0.2) is 0 Å². The number of benzene rings is 2. The zero-order valence-electron chi connectivity index (χ0n) is 11.0. The summed E-state index contributed by atoms with van der Waals surface area (Å²) < 4.78 is 36.0. The topological polar surface area (TPSA) is 38.0 Å². The van der Waals surface area contributed by atoms with E-state index < -0.39 is 12.6 Å². The number of hydrogen-bond acceptors (Lipinski definition) is 2. The molecule has 2 rings (SSSR count). The highest BCUT2D eigenvalue weighted by atomic mass is 19.4. The second-order valence-electron chi connectivity index (χ2n) is 4.79. The molecule has 0 fully saturated rings. The van der Waals surface area contributed by atoms with E-state index in [0.29, 0.717) is 18.8 Å². The fourth-order valence-electron chi connectivity index (χ4n) is 2.10. The van der Waals surface area contributed by atoms with Crippen molar-refractivity contribution in [2.75, 3.05) is 12.3 Å². The molecule has 2 nitrogen and oxygen atoms in total. The van der Waals surface area contributed by atoms with Crippen LogP contribution in [0.5, 0.6) is 0 Å². The lowest BCUT2D eigenvalue weighted by molar-refractivity contribution is -0.135. The molecule has 0 atom stereocenters. The molecule has 0 radical (unpaired) electrons. The van der Waals surface area contributed by atoms with Gasteiger partial charge in [0.1, 0.15) is 0 Å². The van der Waals surface area contributed by atoms with Crippen LogP contribution in [0.4, 0.5) is 18.9 Å². The Bertz CT molecular complexity index is 579. The number of fused-ring (bicyclic) bond motifs is 1. The van der Waals surface area contributed by atoms with Crippen LogP contribution < -0.4 is 11.1 Å². The molecule has 108 valence electrons. The van der Waals surface area contributed by atoms with Crippen molar-refractivity contribution in [1.29, 1.82) is 0 Å². The molecule has 0 aliphatic carbocycles. The van der Waals surface area contributed by atoms with E-state index in [1.807, 2.05) is 36.4 Å². The molecule has 0 spiro atoms. The SMILES string of the molecule is Nc1cc2ccccc2cc1CNCCCC(F)(F)F. The summed E-state index contributed by atoms with van der Waals surface area (Å²) in [5.74, 6) is 0. The van der Waals surface area contributed by atoms with Crippen LogP contribution in [0.2, 0.25) is 0 Å². The normalized spacial score (nSPS) is 11.9. The molecule has 0 aromatic heterocycles. The molecule has 0 amide bonds. The Balaban J connectivity index is 1.91. The number of anilines is 1. The van der Waals surface area contributed by atoms with E-state index in [1.165, 1.54) is 0 Å². The standard InChI is InChI=1S/C15H17F3N2/c16-15(17,18)6-3-7-20-10-13-8-11-4-1-2-5-12(11)9-14(13)19/h1-2,4-5,8-9,20H,3,6-7,10,19H2. The maximum absolute atomic E-state index is 12.0. The number of nitrogens with two attached hydrogens (primary N) is 1. The van der Waals surface area contributed by atoms with E-state index in [0.717, 1.165) is 16.3 Å². The Morgan fingerprint density at radius 3 is 2.35 bits per heavy atom. The maximum atomic E-state index is 12.0. The fraction of sp³-hybridized carbons (Fsp3) is 0.333. The summed E-state index contributed by atoms with van der Waals surface area (Å²) >= 11 is 0. The Morgan fingerprint density at radius 2 is 1.70 bits per heavy atom. The molecule has 0 bridgehead atoms. The molecular weight excluding hydrogens is 265 g/mol. The number of halogens is 3. The lowest BCUT2D eigenvalue weighted by Crippen LogP contribution is -2.18. The zero-order valence-corrected chi connectivity index (χ0v) is 11.0. The van der Waals surface area contributed by atoms with E-state index in [-0.39, 0.29) is 6.42 Å². The first-order valence-corrected chi connectivity index (χ1v) is 6.50. The number of rotatable bonds is 5. The van der Waals surface area contributed by atoms with Gasteiger partial charge in [0.05, 0.1) is 0 Å². The number of nitrogen functional groups attached to an aromatic ring is 1. The summed E-state index contributed by atoms with van der Waals surface area (Å²) in [4.78, 5) is 0. The molecule has 5 heteroatoms. The van der Waals surface area contributed by atoms with Crippen molar-refractivity contribution in [2.45, 2.75) is 25.6 Å². The smallest absolute Gasteiger partial charge is 0.389 e. The molecule has 0 aliphatic heterocycles.